The zero-order chi connectivity index (χ0) is 17.8. The molecule has 0 bridgehead atoms. The van der Waals surface area contributed by atoms with Crippen LogP contribution in [0, 0.1) is 13.8 Å². The third kappa shape index (κ3) is 4.52. The quantitative estimate of drug-likeness (QED) is 0.839. The molecule has 1 N–H and O–H groups in total. The fraction of sp³-hybridized carbons (Fsp3) is 0.611. The van der Waals surface area contributed by atoms with Crippen LogP contribution < -0.4 is 10.2 Å². The van der Waals surface area contributed by atoms with Crippen LogP contribution >= 0.6 is 11.8 Å². The molecule has 1 saturated heterocycles. The number of fused-ring (bicyclic) bond motifs is 1. The molecule has 1 fully saturated rings. The molecule has 7 heteroatoms. The predicted molar refractivity (Wildman–Crippen MR) is 98.0 cm³/mol. The second-order valence-corrected chi connectivity index (χ2v) is 7.58. The highest BCUT2D eigenvalue weighted by atomic mass is 32.2. The average Bonchev–Trinajstić information content (AvgIpc) is 3.08. The van der Waals surface area contributed by atoms with Gasteiger partial charge in [-0.05, 0) is 44.7 Å². The van der Waals surface area contributed by atoms with Gasteiger partial charge in [0.15, 0.2) is 0 Å². The largest absolute Gasteiger partial charge is 0.376 e. The molecule has 2 aliphatic rings. The highest BCUT2D eigenvalue weighted by Crippen LogP contribution is 2.36. The molecule has 1 atom stereocenters. The van der Waals surface area contributed by atoms with Gasteiger partial charge in [-0.15, -0.1) is 0 Å². The molecule has 0 aromatic carbocycles. The van der Waals surface area contributed by atoms with Crippen LogP contribution in [0.2, 0.25) is 0 Å². The minimum Gasteiger partial charge on any atom is -0.376 e. The SMILES string of the molecule is Cc1cc(C)c2c(n1)SCC(=O)N2CCCC(=O)NC[C@@H]1CCCO1. The summed E-state index contributed by atoms with van der Waals surface area (Å²) in [4.78, 5) is 30.7. The number of hydrogen-bond donors (Lipinski definition) is 1. The van der Waals surface area contributed by atoms with E-state index in [1.54, 1.807) is 4.90 Å². The lowest BCUT2D eigenvalue weighted by Gasteiger charge is -2.30. The summed E-state index contributed by atoms with van der Waals surface area (Å²) in [7, 11) is 0. The van der Waals surface area contributed by atoms with Gasteiger partial charge in [-0.2, -0.15) is 0 Å². The molecular formula is C18H25N3O3S. The van der Waals surface area contributed by atoms with E-state index in [2.05, 4.69) is 10.3 Å². The molecule has 136 valence electrons. The first kappa shape index (κ1) is 18.2. The van der Waals surface area contributed by atoms with Crippen molar-refractivity contribution in [2.24, 2.45) is 0 Å². The van der Waals surface area contributed by atoms with Crippen LogP contribution in [0.3, 0.4) is 0 Å². The number of anilines is 1. The summed E-state index contributed by atoms with van der Waals surface area (Å²) in [6.45, 7) is 5.90. The number of carbonyl (C=O) groups is 2. The summed E-state index contributed by atoms with van der Waals surface area (Å²) in [5.41, 5.74) is 2.93. The van der Waals surface area contributed by atoms with E-state index >= 15 is 0 Å². The fourth-order valence-corrected chi connectivity index (χ4v) is 4.35. The number of ether oxygens (including phenoxy) is 1. The zero-order valence-corrected chi connectivity index (χ0v) is 15.7. The Balaban J connectivity index is 1.52. The Hall–Kier alpha value is -1.60. The number of aromatic nitrogens is 1. The fourth-order valence-electron chi connectivity index (χ4n) is 3.31. The molecule has 6 nitrogen and oxygen atoms in total. The second kappa shape index (κ2) is 8.19. The number of amides is 2. The molecule has 0 aliphatic carbocycles. The maximum absolute atomic E-state index is 12.3. The third-order valence-corrected chi connectivity index (χ3v) is 5.47. The third-order valence-electron chi connectivity index (χ3n) is 4.52. The molecule has 3 rings (SSSR count). The summed E-state index contributed by atoms with van der Waals surface area (Å²) in [6, 6.07) is 2.00. The first-order chi connectivity index (χ1) is 12.0. The Labute approximate surface area is 152 Å². The van der Waals surface area contributed by atoms with E-state index in [0.717, 1.165) is 41.4 Å². The standard InChI is InChI=1S/C18H25N3O3S/c1-12-9-13(2)20-18-17(12)21(16(23)11-25-18)7-3-6-15(22)19-10-14-5-4-8-24-14/h9,14H,3-8,10-11H2,1-2H3,(H,19,22)/t14-/m0/s1. The predicted octanol–water partition coefficient (Wildman–Crippen LogP) is 2.21. The maximum Gasteiger partial charge on any atom is 0.237 e. The second-order valence-electron chi connectivity index (χ2n) is 6.61. The highest BCUT2D eigenvalue weighted by molar-refractivity contribution is 8.00. The number of carbonyl (C=O) groups excluding carboxylic acids is 2. The summed E-state index contributed by atoms with van der Waals surface area (Å²) in [6.07, 6.45) is 3.30. The van der Waals surface area contributed by atoms with Crippen molar-refractivity contribution in [2.45, 2.75) is 50.7 Å². The molecule has 0 saturated carbocycles. The molecule has 0 spiro atoms. The summed E-state index contributed by atoms with van der Waals surface area (Å²) in [5.74, 6) is 0.521. The number of nitrogens with one attached hydrogen (secondary N) is 1. The Kier molecular flexibility index (Phi) is 5.96. The lowest BCUT2D eigenvalue weighted by molar-refractivity contribution is -0.122. The Morgan fingerprint density at radius 3 is 3.08 bits per heavy atom. The number of pyridine rings is 1. The topological polar surface area (TPSA) is 71.5 Å². The van der Waals surface area contributed by atoms with E-state index in [9.17, 15) is 9.59 Å². The van der Waals surface area contributed by atoms with Crippen molar-refractivity contribution in [1.29, 1.82) is 0 Å². The maximum atomic E-state index is 12.3. The van der Waals surface area contributed by atoms with E-state index in [0.29, 0.717) is 31.7 Å². The van der Waals surface area contributed by atoms with Gasteiger partial charge in [-0.1, -0.05) is 11.8 Å². The monoisotopic (exact) mass is 363 g/mol. The minimum absolute atomic E-state index is 0.0216. The number of rotatable bonds is 6. The molecule has 25 heavy (non-hydrogen) atoms. The summed E-state index contributed by atoms with van der Waals surface area (Å²) < 4.78 is 5.50. The van der Waals surface area contributed by atoms with Crippen molar-refractivity contribution in [1.82, 2.24) is 10.3 Å². The number of aryl methyl sites for hydroxylation is 2. The minimum atomic E-state index is 0.0216. The molecular weight excluding hydrogens is 338 g/mol. The van der Waals surface area contributed by atoms with Gasteiger partial charge in [0.25, 0.3) is 0 Å². The smallest absolute Gasteiger partial charge is 0.237 e. The van der Waals surface area contributed by atoms with Crippen LogP contribution in [0.4, 0.5) is 5.69 Å². The van der Waals surface area contributed by atoms with E-state index < -0.39 is 0 Å². The van der Waals surface area contributed by atoms with Crippen LogP contribution in [0.15, 0.2) is 11.1 Å². The van der Waals surface area contributed by atoms with Gasteiger partial charge in [-0.3, -0.25) is 9.59 Å². The van der Waals surface area contributed by atoms with Crippen LogP contribution in [0.25, 0.3) is 0 Å². The molecule has 0 radical (unpaired) electrons. The first-order valence-corrected chi connectivity index (χ1v) is 9.83. The lowest BCUT2D eigenvalue weighted by atomic mass is 10.1. The van der Waals surface area contributed by atoms with Crippen molar-refractivity contribution < 1.29 is 14.3 Å². The molecule has 3 heterocycles. The van der Waals surface area contributed by atoms with Crippen LogP contribution in [-0.2, 0) is 14.3 Å². The molecule has 0 unspecified atom stereocenters. The summed E-state index contributed by atoms with van der Waals surface area (Å²) >= 11 is 1.50. The number of nitrogens with zero attached hydrogens (tertiary/aromatic N) is 2. The van der Waals surface area contributed by atoms with Crippen molar-refractivity contribution in [3.8, 4) is 0 Å². The van der Waals surface area contributed by atoms with E-state index in [1.165, 1.54) is 11.8 Å². The van der Waals surface area contributed by atoms with Gasteiger partial charge < -0.3 is 15.0 Å². The van der Waals surface area contributed by atoms with Gasteiger partial charge >= 0.3 is 0 Å². The van der Waals surface area contributed by atoms with Crippen LogP contribution in [0.1, 0.15) is 36.9 Å². The van der Waals surface area contributed by atoms with Gasteiger partial charge in [0.05, 0.1) is 17.5 Å². The molecule has 1 aromatic heterocycles. The number of hydrogen-bond acceptors (Lipinski definition) is 5. The van der Waals surface area contributed by atoms with Gasteiger partial charge in [0.2, 0.25) is 11.8 Å². The average molecular weight is 363 g/mol. The van der Waals surface area contributed by atoms with E-state index in [1.807, 2.05) is 19.9 Å². The van der Waals surface area contributed by atoms with Gasteiger partial charge in [0.1, 0.15) is 5.03 Å². The Morgan fingerprint density at radius 1 is 1.48 bits per heavy atom. The van der Waals surface area contributed by atoms with Crippen LogP contribution in [-0.4, -0.2) is 48.4 Å². The van der Waals surface area contributed by atoms with Crippen LogP contribution in [0.5, 0.6) is 0 Å². The first-order valence-electron chi connectivity index (χ1n) is 8.84. The zero-order valence-electron chi connectivity index (χ0n) is 14.8. The Morgan fingerprint density at radius 2 is 2.32 bits per heavy atom. The van der Waals surface area contributed by atoms with Crippen molar-refractivity contribution in [3.05, 3.63) is 17.3 Å². The normalized spacial score (nSPS) is 19.8. The highest BCUT2D eigenvalue weighted by Gasteiger charge is 2.27. The summed E-state index contributed by atoms with van der Waals surface area (Å²) in [5, 5.41) is 3.84. The molecule has 2 aliphatic heterocycles. The molecule has 2 amide bonds. The molecule has 1 aromatic rings. The van der Waals surface area contributed by atoms with E-state index in [-0.39, 0.29) is 17.9 Å². The van der Waals surface area contributed by atoms with Gasteiger partial charge in [0, 0.05) is 31.8 Å². The van der Waals surface area contributed by atoms with Crippen molar-refractivity contribution in [3.63, 3.8) is 0 Å². The van der Waals surface area contributed by atoms with Crippen molar-refractivity contribution >= 4 is 29.3 Å². The van der Waals surface area contributed by atoms with Crippen molar-refractivity contribution in [2.75, 3.05) is 30.3 Å². The lowest BCUT2D eigenvalue weighted by Crippen LogP contribution is -2.38. The van der Waals surface area contributed by atoms with E-state index in [4.69, 9.17) is 4.74 Å². The Bertz CT molecular complexity index is 659. The number of thioether (sulfide) groups is 1. The van der Waals surface area contributed by atoms with Gasteiger partial charge in [-0.25, -0.2) is 4.98 Å².